The molecule has 0 radical (unpaired) electrons. The van der Waals surface area contributed by atoms with Crippen molar-refractivity contribution in [3.05, 3.63) is 209 Å². The maximum Gasteiger partial charge on any atom is 0.371 e. The van der Waals surface area contributed by atoms with Gasteiger partial charge in [-0.2, -0.15) is 19.6 Å². The van der Waals surface area contributed by atoms with E-state index in [0.29, 0.717) is 40.9 Å². The number of ketones is 1. The minimum absolute atomic E-state index is 0.0116. The highest BCUT2D eigenvalue weighted by molar-refractivity contribution is 6.31. The molecule has 6 aromatic carbocycles. The Labute approximate surface area is 425 Å². The fourth-order valence-electron chi connectivity index (χ4n) is 9.24. The number of rotatable bonds is 9. The Morgan fingerprint density at radius 1 is 0.554 bits per heavy atom. The van der Waals surface area contributed by atoms with Gasteiger partial charge in [-0.15, -0.1) is 0 Å². The fourth-order valence-corrected chi connectivity index (χ4v) is 9.24. The molecule has 14 nitrogen and oxygen atoms in total. The van der Waals surface area contributed by atoms with Gasteiger partial charge in [0.25, 0.3) is 11.8 Å². The summed E-state index contributed by atoms with van der Waals surface area (Å²) < 4.78 is 8.48. The van der Waals surface area contributed by atoms with Crippen molar-refractivity contribution in [2.75, 3.05) is 12.8 Å². The number of fused-ring (bicyclic) bond motifs is 3. The Bertz CT molecular complexity index is 3740. The van der Waals surface area contributed by atoms with Crippen LogP contribution in [0.25, 0.3) is 66.8 Å². The number of hydrogen-bond donors (Lipinski definition) is 3. The molecule has 0 aliphatic carbocycles. The summed E-state index contributed by atoms with van der Waals surface area (Å²) in [5.74, 6) is -3.05. The number of aromatic nitrogens is 5. The van der Waals surface area contributed by atoms with Gasteiger partial charge in [0.2, 0.25) is 5.78 Å². The van der Waals surface area contributed by atoms with Crippen molar-refractivity contribution >= 4 is 57.3 Å². The van der Waals surface area contributed by atoms with Gasteiger partial charge in [0.15, 0.2) is 0 Å². The highest BCUT2D eigenvalue weighted by Gasteiger charge is 2.33. The highest BCUT2D eigenvalue weighted by Crippen LogP contribution is 2.42. The molecule has 0 amide bonds. The molecule has 4 N–H and O–H groups in total. The summed E-state index contributed by atoms with van der Waals surface area (Å²) in [6.45, 7) is 4.99. The first-order valence-electron chi connectivity index (χ1n) is 23.5. The Hall–Kier alpha value is -9.82. The van der Waals surface area contributed by atoms with E-state index in [0.717, 1.165) is 90.7 Å². The molecule has 0 saturated heterocycles. The van der Waals surface area contributed by atoms with Gasteiger partial charge in [0, 0.05) is 58.6 Å². The molecule has 0 unspecified atom stereocenters. The van der Waals surface area contributed by atoms with Gasteiger partial charge in [0.05, 0.1) is 29.7 Å². The summed E-state index contributed by atoms with van der Waals surface area (Å²) in [6, 6.07) is 54.2. The van der Waals surface area contributed by atoms with Crippen molar-refractivity contribution in [3.63, 3.8) is 0 Å². The van der Waals surface area contributed by atoms with E-state index in [4.69, 9.17) is 25.8 Å². The molecule has 74 heavy (non-hydrogen) atoms. The van der Waals surface area contributed by atoms with Crippen LogP contribution in [0.4, 0.5) is 5.69 Å². The van der Waals surface area contributed by atoms with Gasteiger partial charge in [-0.05, 0) is 66.4 Å². The van der Waals surface area contributed by atoms with Crippen LogP contribution in [0.3, 0.4) is 0 Å². The highest BCUT2D eigenvalue weighted by atomic mass is 16.5. The number of ether oxygens (including phenoxy) is 1. The molecule has 0 atom stereocenters. The summed E-state index contributed by atoms with van der Waals surface area (Å²) in [7, 11) is 1.57. The first-order valence-corrected chi connectivity index (χ1v) is 23.5. The summed E-state index contributed by atoms with van der Waals surface area (Å²) in [4.78, 5) is 62.0. The lowest BCUT2D eigenvalue weighted by atomic mass is 9.90. The second-order valence-electron chi connectivity index (χ2n) is 17.6. The van der Waals surface area contributed by atoms with Crippen LogP contribution in [0, 0.1) is 0 Å². The van der Waals surface area contributed by atoms with Crippen LogP contribution >= 0.6 is 0 Å². The SMILES string of the molecule is CC(=O)C(=O)O.CC1=C(c2ccc3nc(C(=O)O)ccc3c2)C(=O)n2nc(-c3ccccc3)c(-c3ccccc3)c2C1.COc1cc(C2=C(C)Cc3c(-c4ccccc4)c(-c4ccccc4)nn3C2=O)ccc1N. The maximum absolute atomic E-state index is 13.9. The number of nitrogens with zero attached hydrogens (tertiary/aromatic N) is 5. The maximum atomic E-state index is 13.9. The molecule has 0 saturated carbocycles. The van der Waals surface area contributed by atoms with Crippen molar-refractivity contribution in [1.82, 2.24) is 24.5 Å². The number of allylic oxidation sites excluding steroid dienone is 4. The second kappa shape index (κ2) is 20.9. The smallest absolute Gasteiger partial charge is 0.371 e. The van der Waals surface area contributed by atoms with Crippen LogP contribution in [0.15, 0.2) is 181 Å². The number of nitrogen functional groups attached to an aromatic ring is 1. The number of aromatic carboxylic acids is 1. The lowest BCUT2D eigenvalue weighted by Crippen LogP contribution is -2.23. The van der Waals surface area contributed by atoms with Crippen LogP contribution in [-0.2, 0) is 22.4 Å². The molecule has 2 aliphatic heterocycles. The molecule has 366 valence electrons. The van der Waals surface area contributed by atoms with Crippen molar-refractivity contribution in [1.29, 1.82) is 0 Å². The average molecular weight is 981 g/mol. The number of nitrogens with two attached hydrogens (primary N) is 1. The minimum atomic E-state index is -1.38. The predicted octanol–water partition coefficient (Wildman–Crippen LogP) is 11.3. The number of benzene rings is 6. The van der Waals surface area contributed by atoms with E-state index in [1.807, 2.05) is 147 Å². The zero-order chi connectivity index (χ0) is 52.2. The lowest BCUT2D eigenvalue weighted by molar-refractivity contribution is -0.148. The standard InChI is InChI=1S/C30H21N3O3.C27H23N3O2.C3H4O3/c1-18-16-25-27(19-8-4-2-5-9-19)28(20-10-6-3-7-11-20)32-33(25)29(34)26(18)22-13-14-23-21(17-22)12-15-24(31-23)30(35)36;1-17-15-22-25(18-9-5-3-6-10-18)26(19-11-7-4-8-12-19)29-30(22)27(31)24(17)20-13-14-21(28)23(16-20)32-2;1-2(4)3(5)6/h2-15,17H,16H2,1H3,(H,35,36);3-14,16H,15,28H2,1-2H3;1H3,(H,5,6). The molecule has 14 heteroatoms. The normalized spacial score (nSPS) is 12.8. The van der Waals surface area contributed by atoms with Crippen molar-refractivity contribution in [2.45, 2.75) is 33.6 Å². The number of carboxylic acid groups (broad SMARTS) is 2. The number of aliphatic carboxylic acids is 1. The van der Waals surface area contributed by atoms with E-state index >= 15 is 0 Å². The van der Waals surface area contributed by atoms with E-state index in [1.54, 1.807) is 34.7 Å². The summed E-state index contributed by atoms with van der Waals surface area (Å²) in [5, 5.41) is 27.3. The summed E-state index contributed by atoms with van der Waals surface area (Å²) >= 11 is 0. The monoisotopic (exact) mass is 980 g/mol. The van der Waals surface area contributed by atoms with Crippen LogP contribution in [0.5, 0.6) is 5.75 Å². The summed E-state index contributed by atoms with van der Waals surface area (Å²) in [6.07, 6.45) is 1.21. The molecule has 9 aromatic rings. The topological polar surface area (TPSA) is 210 Å². The Balaban J connectivity index is 0.000000165. The number of carbonyl (C=O) groups is 5. The number of anilines is 1. The largest absolute Gasteiger partial charge is 0.495 e. The number of carbonyl (C=O) groups excluding carboxylic acids is 3. The number of pyridine rings is 1. The van der Waals surface area contributed by atoms with Gasteiger partial charge >= 0.3 is 11.9 Å². The Morgan fingerprint density at radius 2 is 0.973 bits per heavy atom. The molecule has 3 aromatic heterocycles. The van der Waals surface area contributed by atoms with Crippen molar-refractivity contribution in [2.24, 2.45) is 0 Å². The van der Waals surface area contributed by atoms with Crippen LogP contribution in [0.1, 0.15) is 63.4 Å². The third-order valence-corrected chi connectivity index (χ3v) is 12.7. The molecule has 0 bridgehead atoms. The van der Waals surface area contributed by atoms with E-state index < -0.39 is 17.7 Å². The van der Waals surface area contributed by atoms with Crippen LogP contribution in [-0.4, -0.2) is 71.4 Å². The zero-order valence-electron chi connectivity index (χ0n) is 40.7. The van der Waals surface area contributed by atoms with Gasteiger partial charge in [-0.3, -0.25) is 14.4 Å². The van der Waals surface area contributed by atoms with E-state index in [9.17, 15) is 29.1 Å². The van der Waals surface area contributed by atoms with E-state index in [2.05, 4.69) is 17.1 Å². The second-order valence-corrected chi connectivity index (χ2v) is 17.6. The Kier molecular flexibility index (Phi) is 13.9. The van der Waals surface area contributed by atoms with Gasteiger partial charge in [-0.25, -0.2) is 14.6 Å². The number of methoxy groups -OCH3 is 1. The van der Waals surface area contributed by atoms with Crippen molar-refractivity contribution in [3.8, 4) is 50.5 Å². The number of carboxylic acids is 2. The molecular weight excluding hydrogens is 933 g/mol. The third kappa shape index (κ3) is 9.66. The van der Waals surface area contributed by atoms with Gasteiger partial charge in [-0.1, -0.05) is 151 Å². The van der Waals surface area contributed by atoms with Crippen LogP contribution in [0.2, 0.25) is 0 Å². The first kappa shape index (κ1) is 49.2. The molecule has 2 aliphatic rings. The van der Waals surface area contributed by atoms with Gasteiger partial charge < -0.3 is 20.7 Å². The minimum Gasteiger partial charge on any atom is -0.495 e. The lowest BCUT2D eigenvalue weighted by Gasteiger charge is -2.20. The van der Waals surface area contributed by atoms with E-state index in [-0.39, 0.29) is 17.5 Å². The Morgan fingerprint density at radius 3 is 1.39 bits per heavy atom. The molecule has 0 spiro atoms. The molecule has 5 heterocycles. The number of Topliss-reactive ketones (excluding diaryl/α,β-unsaturated/α-hetero) is 1. The predicted molar refractivity (Wildman–Crippen MR) is 284 cm³/mol. The molecule has 11 rings (SSSR count). The first-order chi connectivity index (χ1) is 35.7. The van der Waals surface area contributed by atoms with E-state index in [1.165, 1.54) is 6.07 Å². The molecule has 0 fully saturated rings. The van der Waals surface area contributed by atoms with Crippen molar-refractivity contribution < 1.29 is 38.9 Å². The quantitative estimate of drug-likeness (QED) is 0.0911. The van der Waals surface area contributed by atoms with Gasteiger partial charge in [0.1, 0.15) is 22.8 Å². The molecular formula is C60H48N6O8. The number of hydrogen-bond acceptors (Lipinski definition) is 10. The van der Waals surface area contributed by atoms with Crippen LogP contribution < -0.4 is 10.5 Å². The fraction of sp³-hybridized carbons (Fsp3) is 0.100. The third-order valence-electron chi connectivity index (χ3n) is 12.7. The average Bonchev–Trinajstić information content (AvgIpc) is 4.00. The summed E-state index contributed by atoms with van der Waals surface area (Å²) in [5.41, 5.74) is 21.2. The zero-order valence-corrected chi connectivity index (χ0v) is 40.7.